The number of carboxylic acids is 1. The van der Waals surface area contributed by atoms with Crippen LogP contribution in [0.3, 0.4) is 0 Å². The fourth-order valence-corrected chi connectivity index (χ4v) is 5.37. The van der Waals surface area contributed by atoms with Crippen LogP contribution in [-0.2, 0) is 19.6 Å². The van der Waals surface area contributed by atoms with Gasteiger partial charge in [0.25, 0.3) is 0 Å². The number of rotatable bonds is 6. The molecule has 24 heavy (non-hydrogen) atoms. The maximum atomic E-state index is 12.8. The van der Waals surface area contributed by atoms with Crippen LogP contribution >= 0.6 is 11.3 Å². The minimum absolute atomic E-state index is 0.0842. The minimum atomic E-state index is -4.24. The number of aliphatic carboxylic acids is 1. The predicted octanol–water partition coefficient (Wildman–Crippen LogP) is 2.08. The SMILES string of the molecule is COC(=O)c1sc2ccccc2c1S(=O)(=O)N[C@@H](C(=O)O)C(C)C. The van der Waals surface area contributed by atoms with Crippen LogP contribution in [0.2, 0.25) is 0 Å². The Bertz CT molecular complexity index is 885. The zero-order valence-electron chi connectivity index (χ0n) is 13.3. The molecule has 0 saturated heterocycles. The third kappa shape index (κ3) is 3.42. The molecule has 2 N–H and O–H groups in total. The summed E-state index contributed by atoms with van der Waals surface area (Å²) in [5, 5.41) is 9.58. The number of carbonyl (C=O) groups is 2. The molecule has 9 heteroatoms. The quantitative estimate of drug-likeness (QED) is 0.752. The molecule has 2 rings (SSSR count). The van der Waals surface area contributed by atoms with E-state index in [0.29, 0.717) is 10.1 Å². The number of methoxy groups -OCH3 is 1. The standard InChI is InChI=1S/C15H17NO6S2/c1-8(2)11(14(17)18)16-24(20,21)13-9-6-4-5-7-10(9)23-12(13)15(19)22-3/h4-8,11,16H,1-3H3,(H,17,18)/t11-/m1/s1. The molecule has 0 fully saturated rings. The first-order chi connectivity index (χ1) is 11.2. The lowest BCUT2D eigenvalue weighted by atomic mass is 10.1. The molecule has 0 aliphatic carbocycles. The summed E-state index contributed by atoms with van der Waals surface area (Å²) in [4.78, 5) is 23.0. The molecular formula is C15H17NO6S2. The average Bonchev–Trinajstić information content (AvgIpc) is 2.91. The van der Waals surface area contributed by atoms with Gasteiger partial charge in [0.15, 0.2) is 0 Å². The van der Waals surface area contributed by atoms with Crippen LogP contribution in [-0.4, -0.2) is 38.6 Å². The molecule has 0 aliphatic heterocycles. The molecule has 1 aromatic carbocycles. The molecule has 0 amide bonds. The molecular weight excluding hydrogens is 354 g/mol. The monoisotopic (exact) mass is 371 g/mol. The number of hydrogen-bond acceptors (Lipinski definition) is 6. The molecule has 130 valence electrons. The van der Waals surface area contributed by atoms with Gasteiger partial charge in [0.1, 0.15) is 15.8 Å². The summed E-state index contributed by atoms with van der Waals surface area (Å²) in [7, 11) is -3.08. The van der Waals surface area contributed by atoms with E-state index in [1.807, 2.05) is 0 Å². The van der Waals surface area contributed by atoms with Crippen molar-refractivity contribution in [2.75, 3.05) is 7.11 Å². The number of thiophene rings is 1. The average molecular weight is 371 g/mol. The highest BCUT2D eigenvalue weighted by Gasteiger charge is 2.33. The van der Waals surface area contributed by atoms with E-state index in [1.165, 1.54) is 0 Å². The molecule has 0 unspecified atom stereocenters. The van der Waals surface area contributed by atoms with Crippen molar-refractivity contribution in [2.45, 2.75) is 24.8 Å². The van der Waals surface area contributed by atoms with Crippen LogP contribution in [0.4, 0.5) is 0 Å². The van der Waals surface area contributed by atoms with Crippen LogP contribution in [0.15, 0.2) is 29.2 Å². The van der Waals surface area contributed by atoms with Crippen molar-refractivity contribution in [1.29, 1.82) is 0 Å². The number of benzene rings is 1. The third-order valence-corrected chi connectivity index (χ3v) is 6.21. The summed E-state index contributed by atoms with van der Waals surface area (Å²) in [6, 6.07) is 5.31. The molecule has 1 aromatic heterocycles. The summed E-state index contributed by atoms with van der Waals surface area (Å²) in [6.07, 6.45) is 0. The number of carbonyl (C=O) groups excluding carboxylic acids is 1. The molecule has 0 aliphatic rings. The summed E-state index contributed by atoms with van der Waals surface area (Å²) in [5.41, 5.74) is 0. The number of sulfonamides is 1. The van der Waals surface area contributed by atoms with Crippen LogP contribution in [0, 0.1) is 5.92 Å². The highest BCUT2D eigenvalue weighted by atomic mass is 32.2. The molecule has 1 heterocycles. The fraction of sp³-hybridized carbons (Fsp3) is 0.333. The lowest BCUT2D eigenvalue weighted by Gasteiger charge is -2.18. The Balaban J connectivity index is 2.65. The Morgan fingerprint density at radius 2 is 1.88 bits per heavy atom. The Labute approximate surface area is 143 Å². The van der Waals surface area contributed by atoms with Crippen LogP contribution < -0.4 is 4.72 Å². The molecule has 7 nitrogen and oxygen atoms in total. The van der Waals surface area contributed by atoms with E-state index in [2.05, 4.69) is 9.46 Å². The number of esters is 1. The van der Waals surface area contributed by atoms with E-state index in [1.54, 1.807) is 38.1 Å². The van der Waals surface area contributed by atoms with Gasteiger partial charge in [0.05, 0.1) is 7.11 Å². The minimum Gasteiger partial charge on any atom is -0.480 e. The second-order valence-electron chi connectivity index (χ2n) is 5.43. The van der Waals surface area contributed by atoms with E-state index in [9.17, 15) is 23.1 Å². The van der Waals surface area contributed by atoms with Gasteiger partial charge in [-0.05, 0) is 12.0 Å². The zero-order chi connectivity index (χ0) is 18.1. The van der Waals surface area contributed by atoms with Gasteiger partial charge in [-0.1, -0.05) is 32.0 Å². The lowest BCUT2D eigenvalue weighted by Crippen LogP contribution is -2.44. The highest BCUT2D eigenvalue weighted by molar-refractivity contribution is 7.90. The van der Waals surface area contributed by atoms with Gasteiger partial charge >= 0.3 is 11.9 Å². The number of carboxylic acid groups (broad SMARTS) is 1. The van der Waals surface area contributed by atoms with Gasteiger partial charge in [0.2, 0.25) is 10.0 Å². The normalized spacial score (nSPS) is 13.2. The lowest BCUT2D eigenvalue weighted by molar-refractivity contribution is -0.140. The summed E-state index contributed by atoms with van der Waals surface area (Å²) in [5.74, 6) is -2.54. The maximum absolute atomic E-state index is 12.8. The van der Waals surface area contributed by atoms with Crippen molar-refractivity contribution in [3.8, 4) is 0 Å². The van der Waals surface area contributed by atoms with Gasteiger partial charge in [-0.2, -0.15) is 4.72 Å². The molecule has 0 radical (unpaired) electrons. The molecule has 0 saturated carbocycles. The van der Waals surface area contributed by atoms with Gasteiger partial charge in [-0.3, -0.25) is 4.79 Å². The van der Waals surface area contributed by atoms with Crippen LogP contribution in [0.25, 0.3) is 10.1 Å². The Morgan fingerprint density at radius 3 is 2.42 bits per heavy atom. The Kier molecular flexibility index (Phi) is 5.26. The van der Waals surface area contributed by atoms with E-state index in [0.717, 1.165) is 18.4 Å². The van der Waals surface area contributed by atoms with E-state index < -0.39 is 33.9 Å². The number of ether oxygens (including phenoxy) is 1. The number of nitrogens with one attached hydrogen (secondary N) is 1. The van der Waals surface area contributed by atoms with Crippen molar-refractivity contribution >= 4 is 43.4 Å². The topological polar surface area (TPSA) is 110 Å². The second kappa shape index (κ2) is 6.88. The van der Waals surface area contributed by atoms with Crippen molar-refractivity contribution in [2.24, 2.45) is 5.92 Å². The first-order valence-corrected chi connectivity index (χ1v) is 9.34. The van der Waals surface area contributed by atoms with E-state index in [-0.39, 0.29) is 9.77 Å². The van der Waals surface area contributed by atoms with Gasteiger partial charge < -0.3 is 9.84 Å². The third-order valence-electron chi connectivity index (χ3n) is 3.40. The van der Waals surface area contributed by atoms with Crippen molar-refractivity contribution in [3.05, 3.63) is 29.1 Å². The van der Waals surface area contributed by atoms with Crippen molar-refractivity contribution in [1.82, 2.24) is 4.72 Å². The summed E-state index contributed by atoms with van der Waals surface area (Å²) >= 11 is 0.986. The van der Waals surface area contributed by atoms with Crippen LogP contribution in [0.5, 0.6) is 0 Å². The largest absolute Gasteiger partial charge is 0.480 e. The Hall–Kier alpha value is -1.97. The summed E-state index contributed by atoms with van der Waals surface area (Å²) in [6.45, 7) is 3.18. The molecule has 0 bridgehead atoms. The van der Waals surface area contributed by atoms with E-state index >= 15 is 0 Å². The first-order valence-electron chi connectivity index (χ1n) is 7.04. The summed E-state index contributed by atoms with van der Waals surface area (Å²) < 4.78 is 33.0. The van der Waals surface area contributed by atoms with Gasteiger partial charge in [0, 0.05) is 10.1 Å². The maximum Gasteiger partial charge on any atom is 0.349 e. The number of fused-ring (bicyclic) bond motifs is 1. The first kappa shape index (κ1) is 18.4. The van der Waals surface area contributed by atoms with Crippen molar-refractivity contribution in [3.63, 3.8) is 0 Å². The second-order valence-corrected chi connectivity index (χ2v) is 8.13. The smallest absolute Gasteiger partial charge is 0.349 e. The van der Waals surface area contributed by atoms with Gasteiger partial charge in [-0.15, -0.1) is 11.3 Å². The molecule has 1 atom stereocenters. The highest BCUT2D eigenvalue weighted by Crippen LogP contribution is 2.35. The van der Waals surface area contributed by atoms with Crippen molar-refractivity contribution < 1.29 is 27.9 Å². The fourth-order valence-electron chi connectivity index (χ4n) is 2.21. The Morgan fingerprint density at radius 1 is 1.25 bits per heavy atom. The zero-order valence-corrected chi connectivity index (χ0v) is 14.9. The van der Waals surface area contributed by atoms with Gasteiger partial charge in [-0.25, -0.2) is 13.2 Å². The predicted molar refractivity (Wildman–Crippen MR) is 89.7 cm³/mol. The van der Waals surface area contributed by atoms with Crippen LogP contribution in [0.1, 0.15) is 23.5 Å². The number of hydrogen-bond donors (Lipinski definition) is 2. The van der Waals surface area contributed by atoms with E-state index in [4.69, 9.17) is 0 Å². The molecule has 0 spiro atoms. The molecule has 2 aromatic rings.